The van der Waals surface area contributed by atoms with Crippen LogP contribution in [0.3, 0.4) is 0 Å². The van der Waals surface area contributed by atoms with Gasteiger partial charge in [0, 0.05) is 5.56 Å². The Morgan fingerprint density at radius 3 is 2.75 bits per heavy atom. The molecule has 64 valence electrons. The molecule has 0 amide bonds. The average molecular weight is 163 g/mol. The molecule has 1 aromatic heterocycles. The molecule has 12 heavy (non-hydrogen) atoms. The second-order valence-electron chi connectivity index (χ2n) is 4.09. The van der Waals surface area contributed by atoms with Crippen LogP contribution < -0.4 is 5.73 Å². The summed E-state index contributed by atoms with van der Waals surface area (Å²) in [6.45, 7) is 0. The molecule has 0 aliphatic heterocycles. The van der Waals surface area contributed by atoms with E-state index in [4.69, 9.17) is 10.2 Å². The van der Waals surface area contributed by atoms with Crippen molar-refractivity contribution in [3.63, 3.8) is 0 Å². The van der Waals surface area contributed by atoms with E-state index in [1.54, 1.807) is 12.5 Å². The summed E-state index contributed by atoms with van der Waals surface area (Å²) < 4.78 is 5.07. The quantitative estimate of drug-likeness (QED) is 0.686. The van der Waals surface area contributed by atoms with Crippen LogP contribution in [0.2, 0.25) is 0 Å². The molecule has 2 fully saturated rings. The van der Waals surface area contributed by atoms with Gasteiger partial charge in [-0.15, -0.1) is 0 Å². The Kier molecular flexibility index (Phi) is 1.09. The zero-order chi connectivity index (χ0) is 8.18. The number of nitrogens with two attached hydrogens (primary N) is 1. The number of hydrogen-bond acceptors (Lipinski definition) is 2. The van der Waals surface area contributed by atoms with Crippen LogP contribution in [-0.4, -0.2) is 0 Å². The first-order chi connectivity index (χ1) is 5.83. The van der Waals surface area contributed by atoms with E-state index in [2.05, 4.69) is 0 Å². The molecule has 2 nitrogen and oxygen atoms in total. The lowest BCUT2D eigenvalue weighted by atomic mass is 10.00. The molecule has 2 unspecified atom stereocenters. The first kappa shape index (κ1) is 6.72. The molecule has 2 heteroatoms. The fourth-order valence-electron chi connectivity index (χ4n) is 2.94. The van der Waals surface area contributed by atoms with E-state index in [-0.39, 0.29) is 5.54 Å². The molecule has 0 radical (unpaired) electrons. The highest BCUT2D eigenvalue weighted by molar-refractivity contribution is 5.33. The highest BCUT2D eigenvalue weighted by Gasteiger charge is 2.64. The Morgan fingerprint density at radius 1 is 1.42 bits per heavy atom. The normalized spacial score (nSPS) is 44.4. The first-order valence-electron chi connectivity index (χ1n) is 4.65. The van der Waals surface area contributed by atoms with Crippen LogP contribution in [0.4, 0.5) is 0 Å². The molecule has 0 saturated heterocycles. The molecule has 0 spiro atoms. The molecular formula is C10H13NO. The van der Waals surface area contributed by atoms with E-state index in [1.165, 1.54) is 24.8 Å². The lowest BCUT2D eigenvalue weighted by molar-refractivity contribution is 0.509. The van der Waals surface area contributed by atoms with E-state index in [0.29, 0.717) is 0 Å². The van der Waals surface area contributed by atoms with Gasteiger partial charge in [0.2, 0.25) is 0 Å². The average Bonchev–Trinajstić information content (AvgIpc) is 2.62. The summed E-state index contributed by atoms with van der Waals surface area (Å²) in [6, 6.07) is 2.01. The lowest BCUT2D eigenvalue weighted by Crippen LogP contribution is -2.24. The van der Waals surface area contributed by atoms with Crippen LogP contribution in [0.15, 0.2) is 23.0 Å². The maximum atomic E-state index is 6.30. The van der Waals surface area contributed by atoms with Gasteiger partial charge in [0.15, 0.2) is 0 Å². The van der Waals surface area contributed by atoms with Crippen LogP contribution in [0, 0.1) is 11.8 Å². The van der Waals surface area contributed by atoms with Crippen LogP contribution in [0.25, 0.3) is 0 Å². The molecular weight excluding hydrogens is 150 g/mol. The van der Waals surface area contributed by atoms with Crippen molar-refractivity contribution in [1.82, 2.24) is 0 Å². The maximum absolute atomic E-state index is 6.30. The van der Waals surface area contributed by atoms with Crippen LogP contribution in [0.1, 0.15) is 24.8 Å². The third-order valence-electron chi connectivity index (χ3n) is 3.66. The Balaban J connectivity index is 1.96. The summed E-state index contributed by atoms with van der Waals surface area (Å²) in [5.41, 5.74) is 7.50. The maximum Gasteiger partial charge on any atom is 0.0953 e. The topological polar surface area (TPSA) is 39.2 Å². The molecule has 2 N–H and O–H groups in total. The fraction of sp³-hybridized carbons (Fsp3) is 0.600. The lowest BCUT2D eigenvalue weighted by Gasteiger charge is -2.12. The van der Waals surface area contributed by atoms with E-state index in [9.17, 15) is 0 Å². The molecule has 1 heterocycles. The minimum absolute atomic E-state index is 0.00868. The standard InChI is InChI=1S/C10H13NO/c11-10(7-4-5-12-6-7)8-2-1-3-9(8)10/h4-6,8-9H,1-3,11H2. The van der Waals surface area contributed by atoms with Crippen LogP contribution in [-0.2, 0) is 5.54 Å². The van der Waals surface area contributed by atoms with Gasteiger partial charge in [-0.25, -0.2) is 0 Å². The third kappa shape index (κ3) is 0.604. The van der Waals surface area contributed by atoms with Gasteiger partial charge in [-0.1, -0.05) is 6.42 Å². The highest BCUT2D eigenvalue weighted by atomic mass is 16.3. The summed E-state index contributed by atoms with van der Waals surface area (Å²) in [5, 5.41) is 0. The third-order valence-corrected chi connectivity index (χ3v) is 3.66. The van der Waals surface area contributed by atoms with Gasteiger partial charge in [0.1, 0.15) is 0 Å². The van der Waals surface area contributed by atoms with Crippen molar-refractivity contribution in [2.24, 2.45) is 17.6 Å². The number of hydrogen-bond donors (Lipinski definition) is 1. The summed E-state index contributed by atoms with van der Waals surface area (Å²) in [5.74, 6) is 1.49. The van der Waals surface area contributed by atoms with Gasteiger partial charge >= 0.3 is 0 Å². The summed E-state index contributed by atoms with van der Waals surface area (Å²) >= 11 is 0. The van der Waals surface area contributed by atoms with Gasteiger partial charge in [0.05, 0.1) is 18.1 Å². The first-order valence-corrected chi connectivity index (χ1v) is 4.65. The molecule has 0 bridgehead atoms. The van der Waals surface area contributed by atoms with E-state index in [1.807, 2.05) is 6.07 Å². The second-order valence-corrected chi connectivity index (χ2v) is 4.09. The van der Waals surface area contributed by atoms with Crippen molar-refractivity contribution < 1.29 is 4.42 Å². The largest absolute Gasteiger partial charge is 0.472 e. The van der Waals surface area contributed by atoms with Gasteiger partial charge in [-0.3, -0.25) is 0 Å². The molecule has 2 saturated carbocycles. The van der Waals surface area contributed by atoms with Gasteiger partial charge in [-0.2, -0.15) is 0 Å². The number of fused-ring (bicyclic) bond motifs is 1. The van der Waals surface area contributed by atoms with Crippen molar-refractivity contribution in [1.29, 1.82) is 0 Å². The summed E-state index contributed by atoms with van der Waals surface area (Å²) in [7, 11) is 0. The van der Waals surface area contributed by atoms with Crippen molar-refractivity contribution in [2.45, 2.75) is 24.8 Å². The Hall–Kier alpha value is -0.760. The van der Waals surface area contributed by atoms with Gasteiger partial charge < -0.3 is 10.2 Å². The smallest absolute Gasteiger partial charge is 0.0953 e. The van der Waals surface area contributed by atoms with Crippen molar-refractivity contribution in [2.75, 3.05) is 0 Å². The molecule has 0 aromatic carbocycles. The SMILES string of the molecule is NC1(c2ccoc2)C2CCCC21. The summed E-state index contributed by atoms with van der Waals surface area (Å²) in [6.07, 6.45) is 7.52. The van der Waals surface area contributed by atoms with E-state index >= 15 is 0 Å². The Morgan fingerprint density at radius 2 is 2.17 bits per heavy atom. The minimum atomic E-state index is -0.00868. The monoisotopic (exact) mass is 163 g/mol. The molecule has 2 aliphatic carbocycles. The predicted octanol–water partition coefficient (Wildman–Crippen LogP) is 1.86. The van der Waals surface area contributed by atoms with Gasteiger partial charge in [0.25, 0.3) is 0 Å². The van der Waals surface area contributed by atoms with Crippen LogP contribution >= 0.6 is 0 Å². The van der Waals surface area contributed by atoms with Gasteiger partial charge in [-0.05, 0) is 30.7 Å². The zero-order valence-corrected chi connectivity index (χ0v) is 6.99. The van der Waals surface area contributed by atoms with Crippen molar-refractivity contribution in [3.05, 3.63) is 24.2 Å². The van der Waals surface area contributed by atoms with E-state index < -0.39 is 0 Å². The van der Waals surface area contributed by atoms with Crippen molar-refractivity contribution >= 4 is 0 Å². The molecule has 3 rings (SSSR count). The van der Waals surface area contributed by atoms with E-state index in [0.717, 1.165) is 11.8 Å². The van der Waals surface area contributed by atoms with Crippen molar-refractivity contribution in [3.8, 4) is 0 Å². The predicted molar refractivity (Wildman–Crippen MR) is 45.4 cm³/mol. The molecule has 2 aliphatic rings. The number of furan rings is 1. The van der Waals surface area contributed by atoms with Crippen LogP contribution in [0.5, 0.6) is 0 Å². The molecule has 2 atom stereocenters. The Labute approximate surface area is 71.7 Å². The molecule has 1 aromatic rings. The zero-order valence-electron chi connectivity index (χ0n) is 6.99. The summed E-state index contributed by atoms with van der Waals surface area (Å²) in [4.78, 5) is 0. The fourth-order valence-corrected chi connectivity index (χ4v) is 2.94. The Bertz CT molecular complexity index is 281. The second kappa shape index (κ2) is 1.94. The minimum Gasteiger partial charge on any atom is -0.472 e. The highest BCUT2D eigenvalue weighted by Crippen LogP contribution is 2.64. The number of rotatable bonds is 1.